The highest BCUT2D eigenvalue weighted by Gasteiger charge is 2.32. The molecule has 4 aromatic rings. The number of methoxy groups -OCH3 is 1. The highest BCUT2D eigenvalue weighted by atomic mass is 32.2. The van der Waals surface area contributed by atoms with Gasteiger partial charge in [-0.3, -0.25) is 9.69 Å². The maximum atomic E-state index is 13.2. The first kappa shape index (κ1) is 25.0. The van der Waals surface area contributed by atoms with Crippen LogP contribution in [0, 0.1) is 0 Å². The average Bonchev–Trinajstić information content (AvgIpc) is 3.16. The predicted octanol–water partition coefficient (Wildman–Crippen LogP) is 6.02. The Balaban J connectivity index is 1.40. The molecule has 37 heavy (non-hydrogen) atoms. The molecular weight excluding hydrogens is 527 g/mol. The van der Waals surface area contributed by atoms with E-state index in [1.165, 1.54) is 31.0 Å². The summed E-state index contributed by atoms with van der Waals surface area (Å²) in [6, 6.07) is 26.7. The van der Waals surface area contributed by atoms with Gasteiger partial charge in [0.1, 0.15) is 9.22 Å². The molecule has 0 N–H and O–H groups in total. The maximum absolute atomic E-state index is 13.2. The molecule has 1 heterocycles. The number of benzene rings is 4. The molecule has 0 radical (unpaired) electrons. The molecule has 1 fully saturated rings. The molecule has 0 aromatic heterocycles. The van der Waals surface area contributed by atoms with Crippen LogP contribution in [0.5, 0.6) is 11.5 Å². The van der Waals surface area contributed by atoms with Crippen LogP contribution >= 0.6 is 24.0 Å². The third-order valence-electron chi connectivity index (χ3n) is 5.76. The second kappa shape index (κ2) is 10.4. The van der Waals surface area contributed by atoms with Crippen molar-refractivity contribution in [1.29, 1.82) is 0 Å². The van der Waals surface area contributed by atoms with Gasteiger partial charge in [0.15, 0.2) is 11.5 Å². The standard InChI is InChI=1S/C28H21NO5S3/c1-33-24-16-20(17-25-27(30)29(28(35)36-25)18-19-8-3-2-4-9-19)14-15-23(24)34-37(31,32)26-13-7-11-21-10-5-6-12-22(21)26/h2-17H,18H2,1H3/b25-17-. The quantitative estimate of drug-likeness (QED) is 0.159. The predicted molar refractivity (Wildman–Crippen MR) is 150 cm³/mol. The third kappa shape index (κ3) is 5.24. The lowest BCUT2D eigenvalue weighted by Crippen LogP contribution is -2.27. The minimum Gasteiger partial charge on any atom is -0.493 e. The molecule has 1 amide bonds. The van der Waals surface area contributed by atoms with Crippen LogP contribution in [-0.4, -0.2) is 30.7 Å². The van der Waals surface area contributed by atoms with E-state index >= 15 is 0 Å². The van der Waals surface area contributed by atoms with E-state index in [1.54, 1.807) is 41.3 Å². The number of carbonyl (C=O) groups excluding carboxylic acids is 1. The normalized spacial score (nSPS) is 14.9. The maximum Gasteiger partial charge on any atom is 0.339 e. The minimum absolute atomic E-state index is 0.0456. The third-order valence-corrected chi connectivity index (χ3v) is 8.43. The van der Waals surface area contributed by atoms with Gasteiger partial charge >= 0.3 is 10.1 Å². The van der Waals surface area contributed by atoms with E-state index < -0.39 is 10.1 Å². The molecule has 0 bridgehead atoms. The molecule has 5 rings (SSSR count). The van der Waals surface area contributed by atoms with Crippen LogP contribution in [0.2, 0.25) is 0 Å². The highest BCUT2D eigenvalue weighted by molar-refractivity contribution is 8.26. The summed E-state index contributed by atoms with van der Waals surface area (Å²) in [5, 5.41) is 1.36. The summed E-state index contributed by atoms with van der Waals surface area (Å²) < 4.78 is 37.7. The van der Waals surface area contributed by atoms with Crippen LogP contribution in [0.1, 0.15) is 11.1 Å². The van der Waals surface area contributed by atoms with Crippen molar-refractivity contribution in [2.75, 3.05) is 7.11 Å². The largest absolute Gasteiger partial charge is 0.493 e. The molecule has 0 atom stereocenters. The zero-order chi connectivity index (χ0) is 26.0. The topological polar surface area (TPSA) is 72.9 Å². The van der Waals surface area contributed by atoms with Crippen molar-refractivity contribution in [1.82, 2.24) is 4.90 Å². The number of hydrogen-bond donors (Lipinski definition) is 0. The first-order valence-electron chi connectivity index (χ1n) is 11.3. The second-order valence-corrected chi connectivity index (χ2v) is 11.4. The zero-order valence-electron chi connectivity index (χ0n) is 19.7. The Bertz CT molecular complexity index is 1640. The van der Waals surface area contributed by atoms with Crippen molar-refractivity contribution in [2.24, 2.45) is 0 Å². The number of ether oxygens (including phenoxy) is 1. The molecule has 1 aliphatic heterocycles. The summed E-state index contributed by atoms with van der Waals surface area (Å²) in [4.78, 5) is 15.1. The fraction of sp³-hybridized carbons (Fsp3) is 0.0714. The van der Waals surface area contributed by atoms with Crippen molar-refractivity contribution in [3.8, 4) is 11.5 Å². The van der Waals surface area contributed by atoms with E-state index in [9.17, 15) is 13.2 Å². The van der Waals surface area contributed by atoms with Crippen LogP contribution in [0.15, 0.2) is 101 Å². The van der Waals surface area contributed by atoms with Crippen LogP contribution in [0.4, 0.5) is 0 Å². The van der Waals surface area contributed by atoms with Crippen molar-refractivity contribution in [2.45, 2.75) is 11.4 Å². The van der Waals surface area contributed by atoms with Gasteiger partial charge in [-0.1, -0.05) is 96.8 Å². The van der Waals surface area contributed by atoms with Crippen LogP contribution in [-0.2, 0) is 21.5 Å². The fourth-order valence-corrected chi connectivity index (χ4v) is 6.39. The zero-order valence-corrected chi connectivity index (χ0v) is 22.1. The number of amides is 1. The number of rotatable bonds is 7. The Kier molecular flexibility index (Phi) is 7.01. The SMILES string of the molecule is COc1cc(/C=C2\SC(=S)N(Cc3ccccc3)C2=O)ccc1OS(=O)(=O)c1cccc2ccccc12. The number of thiocarbonyl (C=S) groups is 1. The van der Waals surface area contributed by atoms with Gasteiger partial charge in [-0.25, -0.2) is 0 Å². The smallest absolute Gasteiger partial charge is 0.339 e. The molecule has 0 spiro atoms. The summed E-state index contributed by atoms with van der Waals surface area (Å²) in [6.07, 6.45) is 1.70. The van der Waals surface area contributed by atoms with E-state index in [0.29, 0.717) is 26.7 Å². The molecule has 1 saturated heterocycles. The second-order valence-electron chi connectivity index (χ2n) is 8.18. The Morgan fingerprint density at radius 2 is 1.65 bits per heavy atom. The van der Waals surface area contributed by atoms with Crippen molar-refractivity contribution >= 4 is 61.2 Å². The summed E-state index contributed by atoms with van der Waals surface area (Å²) in [5.41, 5.74) is 1.63. The monoisotopic (exact) mass is 547 g/mol. The van der Waals surface area contributed by atoms with Crippen molar-refractivity contribution in [3.05, 3.63) is 107 Å². The van der Waals surface area contributed by atoms with Crippen LogP contribution in [0.3, 0.4) is 0 Å². The van der Waals surface area contributed by atoms with Crippen molar-refractivity contribution < 1.29 is 22.1 Å². The van der Waals surface area contributed by atoms with Gasteiger partial charge in [0.05, 0.1) is 18.6 Å². The van der Waals surface area contributed by atoms with Gasteiger partial charge in [-0.2, -0.15) is 8.42 Å². The molecule has 0 unspecified atom stereocenters. The molecule has 1 aliphatic rings. The minimum atomic E-state index is -4.14. The highest BCUT2D eigenvalue weighted by Crippen LogP contribution is 2.36. The van der Waals surface area contributed by atoms with Gasteiger partial charge in [-0.05, 0) is 40.8 Å². The fourth-order valence-electron chi connectivity index (χ4n) is 3.97. The van der Waals surface area contributed by atoms with E-state index in [2.05, 4.69) is 0 Å². The average molecular weight is 548 g/mol. The number of fused-ring (bicyclic) bond motifs is 1. The molecule has 6 nitrogen and oxygen atoms in total. The Labute approximate surface area is 224 Å². The lowest BCUT2D eigenvalue weighted by molar-refractivity contribution is -0.122. The van der Waals surface area contributed by atoms with Gasteiger partial charge < -0.3 is 8.92 Å². The first-order valence-corrected chi connectivity index (χ1v) is 13.9. The molecule has 4 aromatic carbocycles. The number of thioether (sulfide) groups is 1. The summed E-state index contributed by atoms with van der Waals surface area (Å²) >= 11 is 6.66. The lowest BCUT2D eigenvalue weighted by atomic mass is 10.1. The van der Waals surface area contributed by atoms with E-state index in [0.717, 1.165) is 10.9 Å². The Morgan fingerprint density at radius 3 is 2.43 bits per heavy atom. The number of hydrogen-bond acceptors (Lipinski definition) is 7. The Morgan fingerprint density at radius 1 is 0.919 bits per heavy atom. The van der Waals surface area contributed by atoms with Gasteiger partial charge in [0.25, 0.3) is 5.91 Å². The van der Waals surface area contributed by atoms with Crippen molar-refractivity contribution in [3.63, 3.8) is 0 Å². The van der Waals surface area contributed by atoms with E-state index in [-0.39, 0.29) is 22.3 Å². The van der Waals surface area contributed by atoms with Gasteiger partial charge in [0, 0.05) is 5.39 Å². The van der Waals surface area contributed by atoms with Crippen LogP contribution < -0.4 is 8.92 Å². The van der Waals surface area contributed by atoms with Gasteiger partial charge in [-0.15, -0.1) is 0 Å². The summed E-state index contributed by atoms with van der Waals surface area (Å²) in [7, 11) is -2.71. The summed E-state index contributed by atoms with van der Waals surface area (Å²) in [6.45, 7) is 0.394. The molecule has 0 saturated carbocycles. The number of carbonyl (C=O) groups is 1. The first-order chi connectivity index (χ1) is 17.9. The lowest BCUT2D eigenvalue weighted by Gasteiger charge is -2.14. The Hall–Kier alpha value is -3.66. The van der Waals surface area contributed by atoms with Gasteiger partial charge in [0.2, 0.25) is 0 Å². The molecule has 9 heteroatoms. The summed E-state index contributed by atoms with van der Waals surface area (Å²) in [5.74, 6) is 0.0817. The molecular formula is C28H21NO5S3. The molecule has 186 valence electrons. The van der Waals surface area contributed by atoms with E-state index in [1.807, 2.05) is 48.5 Å². The molecule has 0 aliphatic carbocycles. The number of nitrogens with zero attached hydrogens (tertiary/aromatic N) is 1. The van der Waals surface area contributed by atoms with E-state index in [4.69, 9.17) is 21.1 Å². The van der Waals surface area contributed by atoms with Crippen LogP contribution in [0.25, 0.3) is 16.8 Å².